The molecular formula is C35H34Cl2F2N10O17S5. The van der Waals surface area contributed by atoms with Gasteiger partial charge in [0.2, 0.25) is 17.8 Å². The average molecular weight is 1140 g/mol. The summed E-state index contributed by atoms with van der Waals surface area (Å²) in [5, 5.41) is 22.1. The number of azo groups is 2. The van der Waals surface area contributed by atoms with Crippen LogP contribution in [0.15, 0.2) is 90.9 Å². The lowest BCUT2D eigenvalue weighted by Gasteiger charge is -2.16. The van der Waals surface area contributed by atoms with Gasteiger partial charge in [-0.15, -0.1) is 10.2 Å². The molecule has 27 nitrogen and oxygen atoms in total. The number of aromatic nitrogens is 3. The van der Waals surface area contributed by atoms with Crippen molar-refractivity contribution < 1.29 is 83.1 Å². The summed E-state index contributed by atoms with van der Waals surface area (Å²) in [6.07, 6.45) is -0.630. The number of nitrogens with zero attached hydrogens (tertiary/aromatic N) is 7. The molecule has 1 aromatic heterocycles. The van der Waals surface area contributed by atoms with Crippen molar-refractivity contribution in [2.24, 2.45) is 20.5 Å². The predicted octanol–water partition coefficient (Wildman–Crippen LogP) is 6.88. The van der Waals surface area contributed by atoms with Gasteiger partial charge < -0.3 is 25.4 Å². The molecule has 0 spiro atoms. The van der Waals surface area contributed by atoms with E-state index < -0.39 is 138 Å². The molecular weight excluding hydrogens is 1100 g/mol. The number of benzene rings is 4. The molecule has 1 heterocycles. The minimum absolute atomic E-state index is 0.223. The Balaban J connectivity index is 1.56. The highest BCUT2D eigenvalue weighted by atomic mass is 35.5. The van der Waals surface area contributed by atoms with Crippen LogP contribution in [0.4, 0.5) is 60.8 Å². The third-order valence-electron chi connectivity index (χ3n) is 8.41. The second-order valence-corrected chi connectivity index (χ2v) is 22.2. The van der Waals surface area contributed by atoms with Crippen LogP contribution in [0.2, 0.25) is 10.0 Å². The molecule has 0 saturated carbocycles. The first kappa shape index (κ1) is 56.0. The molecule has 0 unspecified atom stereocenters. The quantitative estimate of drug-likeness (QED) is 0.0177. The fraction of sp³-hybridized carbons (Fsp3) is 0.229. The molecule has 8 N–H and O–H groups in total. The van der Waals surface area contributed by atoms with Crippen molar-refractivity contribution in [1.82, 2.24) is 15.0 Å². The lowest BCUT2D eigenvalue weighted by atomic mass is 10.2. The molecule has 5 rings (SSSR count). The minimum Gasteiger partial charge on any atom is -0.491 e. The Bertz CT molecular complexity index is 3270. The second kappa shape index (κ2) is 23.1. The van der Waals surface area contributed by atoms with Crippen LogP contribution in [0.25, 0.3) is 0 Å². The Kier molecular flexibility index (Phi) is 18.2. The van der Waals surface area contributed by atoms with Crippen molar-refractivity contribution in [2.75, 3.05) is 53.0 Å². The maximum Gasteiger partial charge on any atom is 0.296 e. The maximum absolute atomic E-state index is 15.7. The van der Waals surface area contributed by atoms with Gasteiger partial charge in [0.25, 0.3) is 50.6 Å². The minimum atomic E-state index is -4.82. The molecule has 0 radical (unpaired) electrons. The first-order valence-electron chi connectivity index (χ1n) is 19.1. The number of halogens is 4. The normalized spacial score (nSPS) is 12.6. The molecule has 0 aliphatic heterocycles. The molecule has 0 aliphatic rings. The molecule has 0 fully saturated rings. The molecule has 0 atom stereocenters. The van der Waals surface area contributed by atoms with Gasteiger partial charge >= 0.3 is 0 Å². The molecule has 71 heavy (non-hydrogen) atoms. The van der Waals surface area contributed by atoms with Gasteiger partial charge in [0.05, 0.1) is 63.3 Å². The fourth-order valence-corrected chi connectivity index (χ4v) is 8.66. The van der Waals surface area contributed by atoms with E-state index in [1.165, 1.54) is 12.1 Å². The van der Waals surface area contributed by atoms with Gasteiger partial charge in [-0.3, -0.25) is 22.8 Å². The largest absolute Gasteiger partial charge is 0.491 e. The van der Waals surface area contributed by atoms with E-state index in [2.05, 4.69) is 51.4 Å². The van der Waals surface area contributed by atoms with Crippen LogP contribution in [-0.4, -0.2) is 117 Å². The van der Waals surface area contributed by atoms with E-state index in [0.29, 0.717) is 0 Å². The Labute approximate surface area is 411 Å². The van der Waals surface area contributed by atoms with Crippen molar-refractivity contribution >= 4 is 126 Å². The standard InChI is InChI=1S/C35H34Cl2F2N10O17S5/c36-21-5-3-19(13-31(21)70(59,60)61)46-48-25-17-29(65-8-1-10-67(50,51)52)27(15-23(25)38)41-34-43-33(40-7-12-69(56,57)58)44-35(45-34)42-28-16-24(39)26(18-30(28)66-9-2-11-68(53,54)55)49-47-20-4-6-22(37)32(14-20)71(62,63)64/h3-6,13-18H,1-2,7-12H2,(H,50,51,52)(H,53,54,55)(H,56,57,58)(H,59,60,61)(H,62,63,64)(H3,40,41,42,43,44,45). The lowest BCUT2D eigenvalue weighted by Crippen LogP contribution is -2.17. The second-order valence-electron chi connectivity index (χ2n) is 13.9. The number of hydrogen-bond donors (Lipinski definition) is 8. The summed E-state index contributed by atoms with van der Waals surface area (Å²) in [5.74, 6) is -6.87. The molecule has 5 aromatic rings. The van der Waals surface area contributed by atoms with Crippen molar-refractivity contribution in [3.63, 3.8) is 0 Å². The van der Waals surface area contributed by atoms with Gasteiger partial charge in [-0.1, -0.05) is 23.2 Å². The zero-order chi connectivity index (χ0) is 52.5. The first-order valence-corrected chi connectivity index (χ1v) is 27.6. The van der Waals surface area contributed by atoms with Gasteiger partial charge in [-0.2, -0.15) is 67.3 Å². The van der Waals surface area contributed by atoms with Gasteiger partial charge in [0.1, 0.15) is 32.7 Å². The Morgan fingerprint density at radius 3 is 1.27 bits per heavy atom. The smallest absolute Gasteiger partial charge is 0.296 e. The van der Waals surface area contributed by atoms with Crippen LogP contribution >= 0.6 is 23.2 Å². The molecule has 0 aliphatic carbocycles. The molecule has 4 aromatic carbocycles. The van der Waals surface area contributed by atoms with Crippen molar-refractivity contribution in [3.8, 4) is 11.5 Å². The van der Waals surface area contributed by atoms with E-state index in [-0.39, 0.29) is 57.1 Å². The van der Waals surface area contributed by atoms with Crippen LogP contribution in [0, 0.1) is 11.6 Å². The number of ether oxygens (including phenoxy) is 2. The number of anilines is 5. The SMILES string of the molecule is O=S(=O)(O)CCCOc1cc(N=Nc2ccc(Cl)c(S(=O)(=O)O)c2)c(F)cc1Nc1nc(NCCS(=O)(=O)O)nc(Nc2cc(F)c(N=Nc3ccc(Cl)c(S(=O)(=O)O)c3)cc2OCCCS(=O)(=O)O)n1. The monoisotopic (exact) mass is 1130 g/mol. The zero-order valence-corrected chi connectivity index (χ0v) is 40.8. The van der Waals surface area contributed by atoms with Crippen LogP contribution in [0.5, 0.6) is 11.5 Å². The third-order valence-corrected chi connectivity index (χ3v) is 13.4. The van der Waals surface area contributed by atoms with E-state index in [1.54, 1.807) is 0 Å². The van der Waals surface area contributed by atoms with E-state index in [4.69, 9.17) is 32.7 Å². The molecule has 0 bridgehead atoms. The highest BCUT2D eigenvalue weighted by Gasteiger charge is 2.21. The Morgan fingerprint density at radius 2 is 0.901 bits per heavy atom. The van der Waals surface area contributed by atoms with Crippen LogP contribution in [0.1, 0.15) is 12.8 Å². The van der Waals surface area contributed by atoms with Gasteiger partial charge in [-0.05, 0) is 49.2 Å². The summed E-state index contributed by atoms with van der Waals surface area (Å²) >= 11 is 11.7. The van der Waals surface area contributed by atoms with E-state index in [0.717, 1.165) is 48.5 Å². The molecule has 36 heteroatoms. The van der Waals surface area contributed by atoms with Crippen molar-refractivity contribution in [3.05, 3.63) is 82.3 Å². The zero-order valence-electron chi connectivity index (χ0n) is 35.2. The predicted molar refractivity (Wildman–Crippen MR) is 248 cm³/mol. The van der Waals surface area contributed by atoms with Crippen LogP contribution in [-0.2, 0) is 50.6 Å². The summed E-state index contributed by atoms with van der Waals surface area (Å²) < 4.78 is 205. The highest BCUT2D eigenvalue weighted by molar-refractivity contribution is 7.86. The van der Waals surface area contributed by atoms with E-state index in [1.807, 2.05) is 0 Å². The third kappa shape index (κ3) is 18.0. The lowest BCUT2D eigenvalue weighted by molar-refractivity contribution is 0.317. The van der Waals surface area contributed by atoms with Crippen LogP contribution < -0.4 is 25.4 Å². The summed E-state index contributed by atoms with van der Waals surface area (Å²) in [6, 6.07) is 9.54. The fourth-order valence-electron chi connectivity index (χ4n) is 5.35. The number of nitrogens with one attached hydrogen (secondary N) is 3. The summed E-state index contributed by atoms with van der Waals surface area (Å²) in [5.41, 5.74) is -2.25. The van der Waals surface area contributed by atoms with Crippen LogP contribution in [0.3, 0.4) is 0 Å². The van der Waals surface area contributed by atoms with Gasteiger partial charge in [-0.25, -0.2) is 8.78 Å². The molecule has 0 amide bonds. The van der Waals surface area contributed by atoms with Crippen molar-refractivity contribution in [1.29, 1.82) is 0 Å². The molecule has 384 valence electrons. The average Bonchev–Trinajstić information content (AvgIpc) is 3.23. The van der Waals surface area contributed by atoms with E-state index in [9.17, 15) is 64.9 Å². The summed E-state index contributed by atoms with van der Waals surface area (Å²) in [7, 11) is -23.1. The Hall–Kier alpha value is -5.92. The summed E-state index contributed by atoms with van der Waals surface area (Å²) in [4.78, 5) is 10.9. The highest BCUT2D eigenvalue weighted by Crippen LogP contribution is 2.38. The maximum atomic E-state index is 15.7. The molecule has 0 saturated heterocycles. The van der Waals surface area contributed by atoms with E-state index >= 15 is 8.78 Å². The summed E-state index contributed by atoms with van der Waals surface area (Å²) in [6.45, 7) is -1.43. The topological polar surface area (TPSA) is 415 Å². The first-order chi connectivity index (χ1) is 32.9. The number of rotatable bonds is 24. The van der Waals surface area contributed by atoms with Crippen molar-refractivity contribution in [2.45, 2.75) is 22.6 Å². The number of hydrogen-bond acceptors (Lipinski definition) is 22. The van der Waals surface area contributed by atoms with Gasteiger partial charge in [0, 0.05) is 30.8 Å². The Morgan fingerprint density at radius 1 is 0.521 bits per heavy atom. The van der Waals surface area contributed by atoms with Gasteiger partial charge in [0.15, 0.2) is 11.6 Å².